The molecule has 1 aromatic carbocycles. The van der Waals surface area contributed by atoms with Crippen LogP contribution < -0.4 is 15.0 Å². The molecule has 1 saturated heterocycles. The molecule has 108 valence electrons. The summed E-state index contributed by atoms with van der Waals surface area (Å²) in [5.74, 6) is 0.670. The van der Waals surface area contributed by atoms with Gasteiger partial charge in [0.15, 0.2) is 0 Å². The lowest BCUT2D eigenvalue weighted by Gasteiger charge is -2.35. The van der Waals surface area contributed by atoms with Gasteiger partial charge < -0.3 is 15.0 Å². The maximum Gasteiger partial charge on any atom is 0.250 e. The van der Waals surface area contributed by atoms with E-state index in [4.69, 9.17) is 4.74 Å². The summed E-state index contributed by atoms with van der Waals surface area (Å²) < 4.78 is 5.10. The van der Waals surface area contributed by atoms with Crippen LogP contribution in [0.4, 0.5) is 5.69 Å². The lowest BCUT2D eigenvalue weighted by Crippen LogP contribution is -2.60. The first-order chi connectivity index (χ1) is 9.56. The van der Waals surface area contributed by atoms with Crippen LogP contribution in [0.15, 0.2) is 24.3 Å². The third-order valence-electron chi connectivity index (χ3n) is 3.75. The van der Waals surface area contributed by atoms with Crippen LogP contribution >= 0.6 is 0 Å². The molecule has 0 radical (unpaired) electrons. The van der Waals surface area contributed by atoms with E-state index in [9.17, 15) is 9.59 Å². The minimum Gasteiger partial charge on any atom is -0.497 e. The monoisotopic (exact) mass is 276 g/mol. The van der Waals surface area contributed by atoms with Gasteiger partial charge in [-0.05, 0) is 30.2 Å². The fraction of sp³-hybridized carbons (Fsp3) is 0.467. The summed E-state index contributed by atoms with van der Waals surface area (Å²) >= 11 is 0. The van der Waals surface area contributed by atoms with Crippen molar-refractivity contribution >= 4 is 17.5 Å². The van der Waals surface area contributed by atoms with Gasteiger partial charge in [-0.2, -0.15) is 0 Å². The van der Waals surface area contributed by atoms with Crippen molar-refractivity contribution in [2.45, 2.75) is 26.3 Å². The topological polar surface area (TPSA) is 58.6 Å². The Bertz CT molecular complexity index is 498. The first kappa shape index (κ1) is 14.4. The number of rotatable bonds is 4. The van der Waals surface area contributed by atoms with Gasteiger partial charge in [0.25, 0.3) is 0 Å². The predicted octanol–water partition coefficient (Wildman–Crippen LogP) is 1.57. The van der Waals surface area contributed by atoms with Gasteiger partial charge in [0, 0.05) is 5.69 Å². The van der Waals surface area contributed by atoms with E-state index in [0.29, 0.717) is 0 Å². The molecule has 1 fully saturated rings. The first-order valence-electron chi connectivity index (χ1n) is 6.81. The minimum absolute atomic E-state index is 0.0517. The second-order valence-corrected chi connectivity index (χ2v) is 5.05. The van der Waals surface area contributed by atoms with Crippen LogP contribution in [0.25, 0.3) is 0 Å². The van der Waals surface area contributed by atoms with Crippen molar-refractivity contribution in [3.8, 4) is 5.75 Å². The number of piperazine rings is 1. The van der Waals surface area contributed by atoms with Crippen LogP contribution in [0.1, 0.15) is 20.3 Å². The second-order valence-electron chi connectivity index (χ2n) is 5.05. The van der Waals surface area contributed by atoms with Gasteiger partial charge >= 0.3 is 0 Å². The smallest absolute Gasteiger partial charge is 0.250 e. The van der Waals surface area contributed by atoms with E-state index in [1.54, 1.807) is 31.4 Å². The Kier molecular flexibility index (Phi) is 4.27. The van der Waals surface area contributed by atoms with E-state index in [-0.39, 0.29) is 24.3 Å². The number of ether oxygens (including phenoxy) is 1. The maximum absolute atomic E-state index is 12.5. The van der Waals surface area contributed by atoms with Gasteiger partial charge in [-0.15, -0.1) is 0 Å². The summed E-state index contributed by atoms with van der Waals surface area (Å²) in [5.41, 5.74) is 0.721. The number of carbonyl (C=O) groups excluding carboxylic acids is 2. The standard InChI is InChI=1S/C15H20N2O3/c1-4-10(2)14-15(19)17(9-13(18)16-14)11-5-7-12(20-3)8-6-11/h5-8,10,14H,4,9H2,1-3H3,(H,16,18). The third-order valence-corrected chi connectivity index (χ3v) is 3.75. The van der Waals surface area contributed by atoms with Crippen LogP contribution in [0.5, 0.6) is 5.75 Å². The molecule has 5 heteroatoms. The number of carbonyl (C=O) groups is 2. The maximum atomic E-state index is 12.5. The van der Waals surface area contributed by atoms with Crippen LogP contribution in [0.2, 0.25) is 0 Å². The number of benzene rings is 1. The third kappa shape index (κ3) is 2.76. The van der Waals surface area contributed by atoms with E-state index in [2.05, 4.69) is 5.32 Å². The molecular weight excluding hydrogens is 256 g/mol. The summed E-state index contributed by atoms with van der Waals surface area (Å²) in [5, 5.41) is 2.78. The number of nitrogens with zero attached hydrogens (tertiary/aromatic N) is 1. The molecule has 0 saturated carbocycles. The lowest BCUT2D eigenvalue weighted by molar-refractivity contribution is -0.132. The molecule has 1 aliphatic heterocycles. The number of nitrogens with one attached hydrogen (secondary N) is 1. The molecule has 20 heavy (non-hydrogen) atoms. The molecule has 1 aromatic rings. The summed E-state index contributed by atoms with van der Waals surface area (Å²) in [6, 6.07) is 6.72. The van der Waals surface area contributed by atoms with Gasteiger partial charge in [-0.3, -0.25) is 9.59 Å². The molecule has 1 N–H and O–H groups in total. The highest BCUT2D eigenvalue weighted by molar-refractivity contribution is 6.06. The number of hydrogen-bond acceptors (Lipinski definition) is 3. The summed E-state index contributed by atoms with van der Waals surface area (Å²) in [6.07, 6.45) is 0.840. The van der Waals surface area contributed by atoms with Crippen LogP contribution in [0.3, 0.4) is 0 Å². The zero-order valence-electron chi connectivity index (χ0n) is 12.1. The number of anilines is 1. The molecule has 0 aliphatic carbocycles. The highest BCUT2D eigenvalue weighted by Gasteiger charge is 2.36. The number of amides is 2. The van der Waals surface area contributed by atoms with E-state index in [1.807, 2.05) is 13.8 Å². The summed E-state index contributed by atoms with van der Waals surface area (Å²) in [6.45, 7) is 4.05. The second kappa shape index (κ2) is 5.94. The molecule has 1 heterocycles. The molecule has 0 bridgehead atoms. The van der Waals surface area contributed by atoms with E-state index < -0.39 is 6.04 Å². The SMILES string of the molecule is CCC(C)C1NC(=O)CN(c2ccc(OC)cc2)C1=O. The summed E-state index contributed by atoms with van der Waals surface area (Å²) in [4.78, 5) is 25.9. The molecule has 0 aromatic heterocycles. The van der Waals surface area contributed by atoms with Crippen molar-refractivity contribution in [1.82, 2.24) is 5.32 Å². The largest absolute Gasteiger partial charge is 0.497 e. The Morgan fingerprint density at radius 3 is 2.55 bits per heavy atom. The van der Waals surface area contributed by atoms with Gasteiger partial charge in [0.2, 0.25) is 11.8 Å². The summed E-state index contributed by atoms with van der Waals surface area (Å²) in [7, 11) is 1.59. The van der Waals surface area contributed by atoms with Crippen molar-refractivity contribution in [3.63, 3.8) is 0 Å². The number of hydrogen-bond donors (Lipinski definition) is 1. The van der Waals surface area contributed by atoms with E-state index >= 15 is 0 Å². The van der Waals surface area contributed by atoms with E-state index in [0.717, 1.165) is 17.9 Å². The minimum atomic E-state index is -0.441. The van der Waals surface area contributed by atoms with Gasteiger partial charge in [-0.1, -0.05) is 20.3 Å². The van der Waals surface area contributed by atoms with Gasteiger partial charge in [-0.25, -0.2) is 0 Å². The molecule has 2 amide bonds. The molecule has 5 nitrogen and oxygen atoms in total. The van der Waals surface area contributed by atoms with Crippen LogP contribution in [0, 0.1) is 5.92 Å². The fourth-order valence-corrected chi connectivity index (χ4v) is 2.27. The zero-order valence-corrected chi connectivity index (χ0v) is 12.1. The average Bonchev–Trinajstić information content (AvgIpc) is 2.48. The van der Waals surface area contributed by atoms with Crippen LogP contribution in [-0.4, -0.2) is 31.5 Å². The highest BCUT2D eigenvalue weighted by Crippen LogP contribution is 2.23. The van der Waals surface area contributed by atoms with Crippen molar-refractivity contribution < 1.29 is 14.3 Å². The van der Waals surface area contributed by atoms with Crippen molar-refractivity contribution in [3.05, 3.63) is 24.3 Å². The normalized spacial score (nSPS) is 20.6. The number of methoxy groups -OCH3 is 1. The Hall–Kier alpha value is -2.04. The Labute approximate surface area is 118 Å². The fourth-order valence-electron chi connectivity index (χ4n) is 2.27. The molecule has 0 spiro atoms. The average molecular weight is 276 g/mol. The lowest BCUT2D eigenvalue weighted by atomic mass is 9.96. The molecule has 2 unspecified atom stereocenters. The predicted molar refractivity (Wildman–Crippen MR) is 76.7 cm³/mol. The van der Waals surface area contributed by atoms with Crippen LogP contribution in [-0.2, 0) is 9.59 Å². The zero-order chi connectivity index (χ0) is 14.7. The van der Waals surface area contributed by atoms with Gasteiger partial charge in [0.1, 0.15) is 18.3 Å². The van der Waals surface area contributed by atoms with Crippen molar-refractivity contribution in [2.75, 3.05) is 18.6 Å². The molecule has 2 rings (SSSR count). The Morgan fingerprint density at radius 2 is 2.00 bits per heavy atom. The quantitative estimate of drug-likeness (QED) is 0.908. The highest BCUT2D eigenvalue weighted by atomic mass is 16.5. The first-order valence-corrected chi connectivity index (χ1v) is 6.81. The van der Waals surface area contributed by atoms with Gasteiger partial charge in [0.05, 0.1) is 7.11 Å². The van der Waals surface area contributed by atoms with Crippen molar-refractivity contribution in [1.29, 1.82) is 0 Å². The Morgan fingerprint density at radius 1 is 1.35 bits per heavy atom. The molecule has 1 aliphatic rings. The van der Waals surface area contributed by atoms with E-state index in [1.165, 1.54) is 4.90 Å². The Balaban J connectivity index is 2.24. The molecular formula is C15H20N2O3. The molecule has 2 atom stereocenters. The van der Waals surface area contributed by atoms with Crippen molar-refractivity contribution in [2.24, 2.45) is 5.92 Å².